The van der Waals surface area contributed by atoms with Gasteiger partial charge in [-0.3, -0.25) is 14.9 Å². The lowest BCUT2D eigenvalue weighted by molar-refractivity contribution is -0.383. The monoisotopic (exact) mass is 314 g/mol. The zero-order chi connectivity index (χ0) is 14.9. The average Bonchev–Trinajstić information content (AvgIpc) is 3.23. The Labute approximate surface area is 128 Å². The molecule has 1 aromatic carbocycles. The van der Waals surface area contributed by atoms with E-state index in [1.165, 1.54) is 18.2 Å². The Morgan fingerprint density at radius 1 is 1.52 bits per heavy atom. The summed E-state index contributed by atoms with van der Waals surface area (Å²) in [5.41, 5.74) is 10.8. The van der Waals surface area contributed by atoms with E-state index in [1.807, 2.05) is 6.92 Å². The number of anilines is 1. The third-order valence-corrected chi connectivity index (χ3v) is 3.79. The number of carbonyl (C=O) groups is 1. The molecule has 2 rings (SSSR count). The van der Waals surface area contributed by atoms with Crippen molar-refractivity contribution in [2.75, 3.05) is 12.3 Å². The van der Waals surface area contributed by atoms with Crippen molar-refractivity contribution in [3.05, 3.63) is 33.9 Å². The molecule has 0 aromatic heterocycles. The van der Waals surface area contributed by atoms with Crippen molar-refractivity contribution < 1.29 is 9.72 Å². The van der Waals surface area contributed by atoms with Crippen LogP contribution in [0.4, 0.5) is 11.4 Å². The standard InChI is InChI=1S/C13H18N4O3.ClH/c1-13(7-14,9-3-4-9)16-12(18)8-2-5-10(15)11(6-8)17(19)20;/h2,5-6,9H,3-4,7,14-15H2,1H3,(H,16,18);1H. The Kier molecular flexibility index (Phi) is 5.14. The van der Waals surface area contributed by atoms with Crippen molar-refractivity contribution >= 4 is 29.7 Å². The first-order chi connectivity index (χ1) is 9.37. The first-order valence-electron chi connectivity index (χ1n) is 6.44. The summed E-state index contributed by atoms with van der Waals surface area (Å²) in [5, 5.41) is 13.7. The molecular weight excluding hydrogens is 296 g/mol. The van der Waals surface area contributed by atoms with Gasteiger partial charge in [-0.05, 0) is 37.8 Å². The average molecular weight is 315 g/mol. The van der Waals surface area contributed by atoms with Gasteiger partial charge in [0.1, 0.15) is 5.69 Å². The highest BCUT2D eigenvalue weighted by atomic mass is 35.5. The second-order valence-electron chi connectivity index (χ2n) is 5.38. The number of hydrogen-bond acceptors (Lipinski definition) is 5. The summed E-state index contributed by atoms with van der Waals surface area (Å²) >= 11 is 0. The van der Waals surface area contributed by atoms with Crippen LogP contribution in [-0.4, -0.2) is 22.9 Å². The molecular formula is C13H19ClN4O3. The van der Waals surface area contributed by atoms with E-state index in [9.17, 15) is 14.9 Å². The summed E-state index contributed by atoms with van der Waals surface area (Å²) in [6.45, 7) is 2.23. The second kappa shape index (κ2) is 6.28. The van der Waals surface area contributed by atoms with E-state index in [4.69, 9.17) is 11.5 Å². The molecule has 1 aliphatic carbocycles. The molecule has 1 fully saturated rings. The van der Waals surface area contributed by atoms with E-state index in [0.29, 0.717) is 12.5 Å². The molecule has 7 nitrogen and oxygen atoms in total. The predicted octanol–water partition coefficient (Wildman–Crippen LogP) is 1.46. The number of nitrogens with zero attached hydrogens (tertiary/aromatic N) is 1. The Balaban J connectivity index is 0.00000220. The number of halogens is 1. The van der Waals surface area contributed by atoms with Crippen LogP contribution in [0.2, 0.25) is 0 Å². The van der Waals surface area contributed by atoms with Gasteiger partial charge in [0.05, 0.1) is 10.5 Å². The van der Waals surface area contributed by atoms with Crippen LogP contribution in [0.1, 0.15) is 30.1 Å². The van der Waals surface area contributed by atoms with Crippen molar-refractivity contribution in [2.24, 2.45) is 11.7 Å². The smallest absolute Gasteiger partial charge is 0.292 e. The summed E-state index contributed by atoms with van der Waals surface area (Å²) in [5.74, 6) is 0.00756. The van der Waals surface area contributed by atoms with Crippen molar-refractivity contribution in [2.45, 2.75) is 25.3 Å². The largest absolute Gasteiger partial charge is 0.393 e. The van der Waals surface area contributed by atoms with E-state index >= 15 is 0 Å². The Hall–Kier alpha value is -1.86. The van der Waals surface area contributed by atoms with Crippen molar-refractivity contribution in [3.8, 4) is 0 Å². The zero-order valence-corrected chi connectivity index (χ0v) is 12.5. The fraction of sp³-hybridized carbons (Fsp3) is 0.462. The van der Waals surface area contributed by atoms with Gasteiger partial charge in [0, 0.05) is 18.2 Å². The van der Waals surface area contributed by atoms with Crippen LogP contribution in [0, 0.1) is 16.0 Å². The zero-order valence-electron chi connectivity index (χ0n) is 11.7. The third kappa shape index (κ3) is 3.62. The summed E-state index contributed by atoms with van der Waals surface area (Å²) in [6.07, 6.45) is 2.08. The van der Waals surface area contributed by atoms with Gasteiger partial charge < -0.3 is 16.8 Å². The van der Waals surface area contributed by atoms with Crippen LogP contribution >= 0.6 is 12.4 Å². The molecule has 116 valence electrons. The Morgan fingerprint density at radius 2 is 2.14 bits per heavy atom. The fourth-order valence-electron chi connectivity index (χ4n) is 2.21. The molecule has 0 saturated heterocycles. The van der Waals surface area contributed by atoms with Gasteiger partial charge in [0.25, 0.3) is 11.6 Å². The van der Waals surface area contributed by atoms with Gasteiger partial charge in [-0.15, -0.1) is 12.4 Å². The van der Waals surface area contributed by atoms with Crippen LogP contribution in [-0.2, 0) is 0 Å². The number of benzene rings is 1. The molecule has 0 bridgehead atoms. The van der Waals surface area contributed by atoms with Crippen molar-refractivity contribution in [1.82, 2.24) is 5.32 Å². The lowest BCUT2D eigenvalue weighted by atomic mass is 9.95. The minimum absolute atomic E-state index is 0. The van der Waals surface area contributed by atoms with Crippen LogP contribution < -0.4 is 16.8 Å². The molecule has 0 radical (unpaired) electrons. The lowest BCUT2D eigenvalue weighted by Crippen LogP contribution is -2.53. The van der Waals surface area contributed by atoms with E-state index in [1.54, 1.807) is 0 Å². The SMILES string of the molecule is CC(CN)(NC(=O)c1ccc(N)c([N+](=O)[O-])c1)C1CC1.Cl. The van der Waals surface area contributed by atoms with Crippen LogP contribution in [0.5, 0.6) is 0 Å². The fourth-order valence-corrected chi connectivity index (χ4v) is 2.21. The highest BCUT2D eigenvalue weighted by molar-refractivity contribution is 5.96. The number of rotatable bonds is 5. The third-order valence-electron chi connectivity index (χ3n) is 3.79. The molecule has 1 saturated carbocycles. The molecule has 0 aliphatic heterocycles. The number of nitrogens with one attached hydrogen (secondary N) is 1. The molecule has 8 heteroatoms. The quantitative estimate of drug-likeness (QED) is 0.431. The molecule has 21 heavy (non-hydrogen) atoms. The number of hydrogen-bond donors (Lipinski definition) is 3. The first-order valence-corrected chi connectivity index (χ1v) is 6.44. The number of nitrogen functional groups attached to an aromatic ring is 1. The molecule has 5 N–H and O–H groups in total. The molecule has 1 atom stereocenters. The second-order valence-corrected chi connectivity index (χ2v) is 5.38. The van der Waals surface area contributed by atoms with Gasteiger partial charge in [-0.1, -0.05) is 0 Å². The van der Waals surface area contributed by atoms with Crippen LogP contribution in [0.25, 0.3) is 0 Å². The number of nitro benzene ring substituents is 1. The van der Waals surface area contributed by atoms with Gasteiger partial charge >= 0.3 is 0 Å². The number of nitrogens with two attached hydrogens (primary N) is 2. The van der Waals surface area contributed by atoms with E-state index in [0.717, 1.165) is 12.8 Å². The molecule has 1 aliphatic rings. The number of carbonyl (C=O) groups excluding carboxylic acids is 1. The van der Waals surface area contributed by atoms with Crippen molar-refractivity contribution in [1.29, 1.82) is 0 Å². The van der Waals surface area contributed by atoms with Gasteiger partial charge in [0.15, 0.2) is 0 Å². The predicted molar refractivity (Wildman–Crippen MR) is 82.4 cm³/mol. The van der Waals surface area contributed by atoms with E-state index < -0.39 is 10.5 Å². The summed E-state index contributed by atoms with van der Waals surface area (Å²) < 4.78 is 0. The normalized spacial score (nSPS) is 16.5. The topological polar surface area (TPSA) is 124 Å². The van der Waals surface area contributed by atoms with E-state index in [2.05, 4.69) is 5.32 Å². The first kappa shape index (κ1) is 17.2. The van der Waals surface area contributed by atoms with Crippen LogP contribution in [0.3, 0.4) is 0 Å². The number of amides is 1. The molecule has 1 aromatic rings. The van der Waals surface area contributed by atoms with E-state index in [-0.39, 0.29) is 35.3 Å². The van der Waals surface area contributed by atoms with Gasteiger partial charge in [0.2, 0.25) is 0 Å². The summed E-state index contributed by atoms with van der Waals surface area (Å²) in [6, 6.07) is 4.03. The lowest BCUT2D eigenvalue weighted by Gasteiger charge is -2.29. The van der Waals surface area contributed by atoms with Gasteiger partial charge in [-0.2, -0.15) is 0 Å². The Bertz CT molecular complexity index is 562. The molecule has 0 spiro atoms. The maximum atomic E-state index is 12.2. The number of nitro groups is 1. The highest BCUT2D eigenvalue weighted by Crippen LogP contribution is 2.39. The maximum absolute atomic E-state index is 12.2. The molecule has 1 unspecified atom stereocenters. The minimum atomic E-state index is -0.602. The van der Waals surface area contributed by atoms with Crippen LogP contribution in [0.15, 0.2) is 18.2 Å². The summed E-state index contributed by atoms with van der Waals surface area (Å²) in [7, 11) is 0. The summed E-state index contributed by atoms with van der Waals surface area (Å²) in [4.78, 5) is 22.4. The van der Waals surface area contributed by atoms with Crippen molar-refractivity contribution in [3.63, 3.8) is 0 Å². The highest BCUT2D eigenvalue weighted by Gasteiger charge is 2.41. The minimum Gasteiger partial charge on any atom is -0.393 e. The molecule has 0 heterocycles. The maximum Gasteiger partial charge on any atom is 0.292 e. The molecule has 1 amide bonds. The van der Waals surface area contributed by atoms with Gasteiger partial charge in [-0.25, -0.2) is 0 Å². The Morgan fingerprint density at radius 3 is 2.62 bits per heavy atom.